The Morgan fingerprint density at radius 2 is 2.18 bits per heavy atom. The number of nitrogens with zero attached hydrogens (tertiary/aromatic N) is 3. The molecule has 1 aromatic carbocycles. The van der Waals surface area contributed by atoms with Gasteiger partial charge in [0.05, 0.1) is 6.10 Å². The van der Waals surface area contributed by atoms with Gasteiger partial charge < -0.3 is 15.2 Å². The number of rotatable bonds is 4. The van der Waals surface area contributed by atoms with Gasteiger partial charge in [-0.25, -0.2) is 9.48 Å². The molecule has 3 rings (SSSR count). The lowest BCUT2D eigenvalue weighted by molar-refractivity contribution is -0.132. The van der Waals surface area contributed by atoms with Crippen molar-refractivity contribution in [1.29, 1.82) is 0 Å². The van der Waals surface area contributed by atoms with Gasteiger partial charge in [-0.1, -0.05) is 18.2 Å². The second-order valence-corrected chi connectivity index (χ2v) is 5.19. The largest absolute Gasteiger partial charge is 0.491 e. The summed E-state index contributed by atoms with van der Waals surface area (Å²) in [5.41, 5.74) is 0.910. The lowest BCUT2D eigenvalue weighted by atomic mass is 10.0. The summed E-state index contributed by atoms with van der Waals surface area (Å²) < 4.78 is 7.46. The van der Waals surface area contributed by atoms with E-state index >= 15 is 0 Å². The Kier molecular flexibility index (Phi) is 3.54. The molecule has 0 amide bonds. The van der Waals surface area contributed by atoms with Gasteiger partial charge in [-0.2, -0.15) is 10.1 Å². The molecule has 1 aliphatic heterocycles. The molecule has 0 saturated carbocycles. The van der Waals surface area contributed by atoms with Crippen LogP contribution in [0.25, 0.3) is 0 Å². The number of aliphatic carboxylic acids is 1. The predicted molar refractivity (Wildman–Crippen MR) is 79.7 cm³/mol. The maximum atomic E-state index is 11.3. The van der Waals surface area contributed by atoms with Crippen molar-refractivity contribution in [3.05, 3.63) is 47.9 Å². The molecule has 7 heteroatoms. The van der Waals surface area contributed by atoms with Crippen molar-refractivity contribution < 1.29 is 14.6 Å². The summed E-state index contributed by atoms with van der Waals surface area (Å²) in [7, 11) is 0. The number of nitrogens with one attached hydrogen (secondary N) is 1. The SMILES string of the molecule is CC(C)Oc1ccccc1[C@H]1C=C(C(=O)O)Nc2ncnn21. The molecular formula is C15H16N4O3. The molecule has 1 aliphatic rings. The number of para-hydroxylation sites is 1. The zero-order chi connectivity index (χ0) is 15.7. The number of carboxylic acid groups (broad SMARTS) is 1. The number of benzene rings is 1. The molecule has 114 valence electrons. The molecule has 1 atom stereocenters. The van der Waals surface area contributed by atoms with Gasteiger partial charge in [0.25, 0.3) is 0 Å². The lowest BCUT2D eigenvalue weighted by Gasteiger charge is -2.24. The summed E-state index contributed by atoms with van der Waals surface area (Å²) in [6.45, 7) is 3.89. The van der Waals surface area contributed by atoms with Gasteiger partial charge in [0.1, 0.15) is 23.8 Å². The highest BCUT2D eigenvalue weighted by atomic mass is 16.5. The van der Waals surface area contributed by atoms with Crippen LogP contribution in [0.4, 0.5) is 5.95 Å². The highest BCUT2D eigenvalue weighted by molar-refractivity contribution is 5.90. The fraction of sp³-hybridized carbons (Fsp3) is 0.267. The third-order valence-electron chi connectivity index (χ3n) is 3.24. The number of aromatic nitrogens is 3. The summed E-state index contributed by atoms with van der Waals surface area (Å²) in [5.74, 6) is 0.0533. The normalized spacial score (nSPS) is 16.7. The maximum absolute atomic E-state index is 11.3. The van der Waals surface area contributed by atoms with Crippen molar-refractivity contribution in [2.24, 2.45) is 0 Å². The zero-order valence-electron chi connectivity index (χ0n) is 12.2. The molecule has 0 radical (unpaired) electrons. The summed E-state index contributed by atoms with van der Waals surface area (Å²) >= 11 is 0. The monoisotopic (exact) mass is 300 g/mol. The first-order valence-electron chi connectivity index (χ1n) is 6.93. The third-order valence-corrected chi connectivity index (χ3v) is 3.24. The standard InChI is InChI=1S/C15H16N4O3/c1-9(2)22-13-6-4-3-5-10(13)12-7-11(14(20)21)18-15-16-8-17-19(12)15/h3-9,12H,1-2H3,(H,20,21)(H,16,17,18)/t12-/m1/s1. The molecule has 7 nitrogen and oxygen atoms in total. The van der Waals surface area contributed by atoms with Crippen LogP contribution in [0.5, 0.6) is 5.75 Å². The van der Waals surface area contributed by atoms with E-state index in [0.29, 0.717) is 11.7 Å². The molecular weight excluding hydrogens is 284 g/mol. The Morgan fingerprint density at radius 1 is 1.41 bits per heavy atom. The number of anilines is 1. The van der Waals surface area contributed by atoms with Crippen molar-refractivity contribution in [3.8, 4) is 5.75 Å². The van der Waals surface area contributed by atoms with Crippen LogP contribution in [0.2, 0.25) is 0 Å². The number of allylic oxidation sites excluding steroid dienone is 1. The van der Waals surface area contributed by atoms with E-state index in [-0.39, 0.29) is 17.8 Å². The van der Waals surface area contributed by atoms with Crippen LogP contribution >= 0.6 is 0 Å². The zero-order valence-corrected chi connectivity index (χ0v) is 12.2. The first kappa shape index (κ1) is 14.1. The quantitative estimate of drug-likeness (QED) is 0.898. The smallest absolute Gasteiger partial charge is 0.352 e. The van der Waals surface area contributed by atoms with Crippen molar-refractivity contribution in [2.45, 2.75) is 26.0 Å². The highest BCUT2D eigenvalue weighted by Crippen LogP contribution is 2.34. The van der Waals surface area contributed by atoms with Gasteiger partial charge in [-0.3, -0.25) is 0 Å². The lowest BCUT2D eigenvalue weighted by Crippen LogP contribution is -2.25. The molecule has 0 fully saturated rings. The van der Waals surface area contributed by atoms with Gasteiger partial charge in [0, 0.05) is 5.56 Å². The van der Waals surface area contributed by atoms with Gasteiger partial charge in [0.15, 0.2) is 0 Å². The molecule has 2 aromatic rings. The molecule has 0 spiro atoms. The number of carbonyl (C=O) groups is 1. The number of carboxylic acids is 1. The van der Waals surface area contributed by atoms with Gasteiger partial charge in [-0.15, -0.1) is 0 Å². The third kappa shape index (κ3) is 2.52. The van der Waals surface area contributed by atoms with Crippen molar-refractivity contribution in [1.82, 2.24) is 14.8 Å². The van der Waals surface area contributed by atoms with Crippen LogP contribution in [0.1, 0.15) is 25.5 Å². The van der Waals surface area contributed by atoms with Crippen LogP contribution in [0.15, 0.2) is 42.4 Å². The maximum Gasteiger partial charge on any atom is 0.352 e. The minimum atomic E-state index is -1.04. The van der Waals surface area contributed by atoms with E-state index in [1.807, 2.05) is 38.1 Å². The molecule has 1 aromatic heterocycles. The molecule has 2 heterocycles. The molecule has 0 aliphatic carbocycles. The first-order valence-corrected chi connectivity index (χ1v) is 6.93. The van der Waals surface area contributed by atoms with E-state index in [1.54, 1.807) is 10.8 Å². The van der Waals surface area contributed by atoms with Crippen molar-refractivity contribution >= 4 is 11.9 Å². The summed E-state index contributed by atoms with van der Waals surface area (Å²) in [4.78, 5) is 15.4. The number of hydrogen-bond acceptors (Lipinski definition) is 5. The number of hydrogen-bond donors (Lipinski definition) is 2. The topological polar surface area (TPSA) is 89.3 Å². The van der Waals surface area contributed by atoms with Crippen LogP contribution in [-0.2, 0) is 4.79 Å². The molecule has 2 N–H and O–H groups in total. The molecule has 22 heavy (non-hydrogen) atoms. The van der Waals surface area contributed by atoms with Crippen molar-refractivity contribution in [3.63, 3.8) is 0 Å². The van der Waals surface area contributed by atoms with E-state index in [2.05, 4.69) is 15.4 Å². The van der Waals surface area contributed by atoms with Crippen LogP contribution in [0.3, 0.4) is 0 Å². The van der Waals surface area contributed by atoms with Crippen LogP contribution < -0.4 is 10.1 Å². The van der Waals surface area contributed by atoms with Gasteiger partial charge >= 0.3 is 5.97 Å². The molecule has 0 bridgehead atoms. The Balaban J connectivity index is 2.09. The van der Waals surface area contributed by atoms with E-state index in [0.717, 1.165) is 5.56 Å². The minimum absolute atomic E-state index is 0.0148. The Morgan fingerprint density at radius 3 is 2.91 bits per heavy atom. The Bertz CT molecular complexity index is 736. The Labute approximate surface area is 127 Å². The fourth-order valence-corrected chi connectivity index (χ4v) is 2.37. The average Bonchev–Trinajstić information content (AvgIpc) is 2.94. The predicted octanol–water partition coefficient (Wildman–Crippen LogP) is 2.05. The van der Waals surface area contributed by atoms with Gasteiger partial charge in [-0.05, 0) is 26.0 Å². The molecule has 0 unspecified atom stereocenters. The molecule has 0 saturated heterocycles. The van der Waals surface area contributed by atoms with Gasteiger partial charge in [0.2, 0.25) is 5.95 Å². The highest BCUT2D eigenvalue weighted by Gasteiger charge is 2.27. The second-order valence-electron chi connectivity index (χ2n) is 5.19. The number of fused-ring (bicyclic) bond motifs is 1. The first-order chi connectivity index (χ1) is 10.6. The fourth-order valence-electron chi connectivity index (χ4n) is 2.37. The minimum Gasteiger partial charge on any atom is -0.491 e. The van der Waals surface area contributed by atoms with Crippen molar-refractivity contribution in [2.75, 3.05) is 5.32 Å². The van der Waals surface area contributed by atoms with Crippen LogP contribution in [-0.4, -0.2) is 31.9 Å². The summed E-state index contributed by atoms with van der Waals surface area (Å²) in [6.07, 6.45) is 3.01. The van der Waals surface area contributed by atoms with E-state index in [9.17, 15) is 9.90 Å². The number of ether oxygens (including phenoxy) is 1. The van der Waals surface area contributed by atoms with E-state index in [1.165, 1.54) is 6.33 Å². The summed E-state index contributed by atoms with van der Waals surface area (Å²) in [6, 6.07) is 7.14. The summed E-state index contributed by atoms with van der Waals surface area (Å²) in [5, 5.41) is 16.2. The Hall–Kier alpha value is -2.83. The van der Waals surface area contributed by atoms with E-state index < -0.39 is 5.97 Å². The second kappa shape index (κ2) is 5.51. The van der Waals surface area contributed by atoms with E-state index in [4.69, 9.17) is 4.74 Å². The van der Waals surface area contributed by atoms with Crippen LogP contribution in [0, 0.1) is 0 Å². The average molecular weight is 300 g/mol.